The van der Waals surface area contributed by atoms with Crippen molar-refractivity contribution in [3.8, 4) is 0 Å². The van der Waals surface area contributed by atoms with Gasteiger partial charge < -0.3 is 4.48 Å². The van der Waals surface area contributed by atoms with Gasteiger partial charge in [0.15, 0.2) is 0 Å². The molecule has 0 radical (unpaired) electrons. The van der Waals surface area contributed by atoms with Crippen molar-refractivity contribution in [3.63, 3.8) is 0 Å². The Morgan fingerprint density at radius 1 is 0.765 bits per heavy atom. The van der Waals surface area contributed by atoms with E-state index in [-0.39, 0.29) is 0 Å². The van der Waals surface area contributed by atoms with Crippen molar-refractivity contribution in [2.24, 2.45) is 0 Å². The van der Waals surface area contributed by atoms with Gasteiger partial charge in [0.25, 0.3) is 0 Å². The summed E-state index contributed by atoms with van der Waals surface area (Å²) in [6, 6.07) is 0. The summed E-state index contributed by atoms with van der Waals surface area (Å²) in [6.07, 6.45) is 9.32. The van der Waals surface area contributed by atoms with Crippen LogP contribution in [0.4, 0.5) is 0 Å². The van der Waals surface area contributed by atoms with E-state index < -0.39 is 0 Å². The molecule has 1 atom stereocenters. The molecule has 0 aliphatic carbocycles. The fourth-order valence-corrected chi connectivity index (χ4v) is 4.31. The molecule has 17 heavy (non-hydrogen) atoms. The Kier molecular flexibility index (Phi) is 10.4. The van der Waals surface area contributed by atoms with E-state index in [1.54, 1.807) is 0 Å². The standard InChI is InChI=1S/C15H35NS/c1-6-11-16(4,12-7-2)13-9-10-15-17(5)14-8-3/h6-15H2,1-5H3/q+2. The maximum absolute atomic E-state index is 2.45. The van der Waals surface area contributed by atoms with Crippen molar-refractivity contribution in [1.82, 2.24) is 0 Å². The average molecular weight is 262 g/mol. The van der Waals surface area contributed by atoms with E-state index >= 15 is 0 Å². The van der Waals surface area contributed by atoms with Crippen LogP contribution in [0.1, 0.15) is 52.9 Å². The number of hydrogen-bond acceptors (Lipinski definition) is 0. The smallest absolute Gasteiger partial charge is 0.108 e. The van der Waals surface area contributed by atoms with E-state index in [2.05, 4.69) is 34.1 Å². The normalized spacial score (nSPS) is 13.9. The van der Waals surface area contributed by atoms with Gasteiger partial charge in [-0.1, -0.05) is 20.8 Å². The summed E-state index contributed by atoms with van der Waals surface area (Å²) in [6.45, 7) is 11.1. The fourth-order valence-electron chi connectivity index (χ4n) is 2.71. The Balaban J connectivity index is 3.74. The zero-order chi connectivity index (χ0) is 13.1. The van der Waals surface area contributed by atoms with Crippen molar-refractivity contribution in [2.45, 2.75) is 52.9 Å². The highest BCUT2D eigenvalue weighted by Crippen LogP contribution is 2.10. The van der Waals surface area contributed by atoms with E-state index in [0.717, 1.165) is 0 Å². The minimum absolute atomic E-state index is 0.687. The minimum atomic E-state index is 0.687. The lowest BCUT2D eigenvalue weighted by Crippen LogP contribution is -2.46. The fraction of sp³-hybridized carbons (Fsp3) is 1.00. The molecule has 2 heteroatoms. The van der Waals surface area contributed by atoms with E-state index in [9.17, 15) is 0 Å². The highest BCUT2D eigenvalue weighted by molar-refractivity contribution is 7.96. The summed E-state index contributed by atoms with van der Waals surface area (Å²) in [5.41, 5.74) is 0. The number of unbranched alkanes of at least 4 members (excludes halogenated alkanes) is 1. The van der Waals surface area contributed by atoms with Crippen LogP contribution >= 0.6 is 0 Å². The maximum Gasteiger partial charge on any atom is 0.108 e. The summed E-state index contributed by atoms with van der Waals surface area (Å²) in [5.74, 6) is 2.90. The Morgan fingerprint density at radius 3 is 1.82 bits per heavy atom. The predicted octanol–water partition coefficient (Wildman–Crippen LogP) is 3.69. The lowest BCUT2D eigenvalue weighted by atomic mass is 10.2. The molecule has 0 rings (SSSR count). The largest absolute Gasteiger partial charge is 0.326 e. The summed E-state index contributed by atoms with van der Waals surface area (Å²) >= 11 is 0. The second-order valence-corrected chi connectivity index (χ2v) is 8.07. The molecule has 0 aliphatic rings. The SMILES string of the molecule is CCC[S+](C)CCCC[N+](C)(CCC)CCC. The second kappa shape index (κ2) is 10.3. The lowest BCUT2D eigenvalue weighted by Gasteiger charge is -2.34. The van der Waals surface area contributed by atoms with E-state index in [1.807, 2.05) is 0 Å². The van der Waals surface area contributed by atoms with Gasteiger partial charge >= 0.3 is 0 Å². The molecular formula is C15H35NS+2. The molecule has 0 aromatic rings. The van der Waals surface area contributed by atoms with E-state index in [1.165, 1.54) is 67.7 Å². The molecule has 1 nitrogen and oxygen atoms in total. The summed E-state index contributed by atoms with van der Waals surface area (Å²) in [4.78, 5) is 0. The molecule has 0 heterocycles. The van der Waals surface area contributed by atoms with Gasteiger partial charge in [0.05, 0.1) is 32.9 Å². The van der Waals surface area contributed by atoms with Crippen molar-refractivity contribution in [2.75, 3.05) is 44.4 Å². The van der Waals surface area contributed by atoms with Crippen molar-refractivity contribution in [1.29, 1.82) is 0 Å². The van der Waals surface area contributed by atoms with Gasteiger partial charge in [-0.3, -0.25) is 0 Å². The number of rotatable bonds is 11. The highest BCUT2D eigenvalue weighted by atomic mass is 32.2. The van der Waals surface area contributed by atoms with Crippen LogP contribution in [0, 0.1) is 0 Å². The Bertz CT molecular complexity index is 164. The summed E-state index contributed by atoms with van der Waals surface area (Å²) < 4.78 is 1.30. The molecule has 104 valence electrons. The van der Waals surface area contributed by atoms with Crippen molar-refractivity contribution >= 4 is 10.9 Å². The van der Waals surface area contributed by atoms with Crippen LogP contribution < -0.4 is 0 Å². The van der Waals surface area contributed by atoms with E-state index in [0.29, 0.717) is 10.9 Å². The van der Waals surface area contributed by atoms with Crippen LogP contribution in [0.5, 0.6) is 0 Å². The first-order chi connectivity index (χ1) is 8.08. The quantitative estimate of drug-likeness (QED) is 0.302. The number of nitrogens with zero attached hydrogens (tertiary/aromatic N) is 1. The monoisotopic (exact) mass is 261 g/mol. The zero-order valence-corrected chi connectivity index (χ0v) is 13.7. The summed E-state index contributed by atoms with van der Waals surface area (Å²) in [5, 5.41) is 0. The molecular weight excluding hydrogens is 226 g/mol. The van der Waals surface area contributed by atoms with Crippen LogP contribution in [0.2, 0.25) is 0 Å². The van der Waals surface area contributed by atoms with Gasteiger partial charge in [0, 0.05) is 6.42 Å². The van der Waals surface area contributed by atoms with Gasteiger partial charge in [-0.15, -0.1) is 0 Å². The van der Waals surface area contributed by atoms with Crippen LogP contribution in [0.3, 0.4) is 0 Å². The molecule has 0 fully saturated rings. The van der Waals surface area contributed by atoms with Gasteiger partial charge in [-0.25, -0.2) is 0 Å². The molecule has 1 unspecified atom stereocenters. The highest BCUT2D eigenvalue weighted by Gasteiger charge is 2.19. The number of quaternary nitrogens is 1. The van der Waals surface area contributed by atoms with Crippen LogP contribution in [0.15, 0.2) is 0 Å². The van der Waals surface area contributed by atoms with Crippen LogP contribution in [0.25, 0.3) is 0 Å². The molecule has 0 N–H and O–H groups in total. The van der Waals surface area contributed by atoms with Crippen LogP contribution in [-0.2, 0) is 10.9 Å². The third kappa shape index (κ3) is 8.96. The van der Waals surface area contributed by atoms with Crippen LogP contribution in [-0.4, -0.2) is 48.9 Å². The first kappa shape index (κ1) is 17.3. The van der Waals surface area contributed by atoms with Crippen molar-refractivity contribution < 1.29 is 4.48 Å². The molecule has 0 amide bonds. The maximum atomic E-state index is 2.45. The Morgan fingerprint density at radius 2 is 1.35 bits per heavy atom. The van der Waals surface area contributed by atoms with Gasteiger partial charge in [0.1, 0.15) is 11.5 Å². The molecule has 0 aromatic heterocycles. The molecule has 0 spiro atoms. The van der Waals surface area contributed by atoms with Gasteiger partial charge in [0.2, 0.25) is 0 Å². The third-order valence-electron chi connectivity index (χ3n) is 3.52. The first-order valence-electron chi connectivity index (χ1n) is 7.50. The lowest BCUT2D eigenvalue weighted by molar-refractivity contribution is -0.909. The van der Waals surface area contributed by atoms with Gasteiger partial charge in [-0.05, 0) is 36.6 Å². The molecule has 0 aliphatic heterocycles. The minimum Gasteiger partial charge on any atom is -0.326 e. The molecule has 0 saturated heterocycles. The number of hydrogen-bond donors (Lipinski definition) is 0. The van der Waals surface area contributed by atoms with Crippen molar-refractivity contribution in [3.05, 3.63) is 0 Å². The molecule has 0 aromatic carbocycles. The first-order valence-corrected chi connectivity index (χ1v) is 9.47. The van der Waals surface area contributed by atoms with E-state index in [4.69, 9.17) is 0 Å². The Labute approximate surface area is 113 Å². The van der Waals surface area contributed by atoms with Gasteiger partial charge in [-0.2, -0.15) is 0 Å². The second-order valence-electron chi connectivity index (χ2n) is 5.69. The summed E-state index contributed by atoms with van der Waals surface area (Å²) in [7, 11) is 3.14. The average Bonchev–Trinajstić information content (AvgIpc) is 2.26. The topological polar surface area (TPSA) is 0 Å². The zero-order valence-electron chi connectivity index (χ0n) is 12.9. The third-order valence-corrected chi connectivity index (χ3v) is 5.61. The Hall–Kier alpha value is 0.310. The predicted molar refractivity (Wildman–Crippen MR) is 83.9 cm³/mol. The molecule has 0 bridgehead atoms. The molecule has 0 saturated carbocycles.